The zero-order valence-corrected chi connectivity index (χ0v) is 17.4. The zero-order valence-electron chi connectivity index (χ0n) is 17.4. The minimum absolute atomic E-state index is 0.353. The summed E-state index contributed by atoms with van der Waals surface area (Å²) >= 11 is 0. The van der Waals surface area contributed by atoms with Gasteiger partial charge in [-0.1, -0.05) is 50.6 Å². The second kappa shape index (κ2) is 10.2. The number of nitrogens with one attached hydrogen (secondary N) is 2. The summed E-state index contributed by atoms with van der Waals surface area (Å²) in [5, 5.41) is 3.45. The van der Waals surface area contributed by atoms with Gasteiger partial charge in [-0.25, -0.2) is 9.78 Å². The Hall–Kier alpha value is -2.67. The first-order valence-corrected chi connectivity index (χ1v) is 10.6. The highest BCUT2D eigenvalue weighted by Crippen LogP contribution is 2.13. The summed E-state index contributed by atoms with van der Waals surface area (Å²) in [6.07, 6.45) is 4.78. The second-order valence-corrected chi connectivity index (χ2v) is 7.38. The minimum Gasteiger partial charge on any atom is -0.321 e. The molecule has 1 aromatic carbocycles. The van der Waals surface area contributed by atoms with Crippen LogP contribution in [0.15, 0.2) is 39.9 Å². The number of benzene rings is 1. The Bertz CT molecular complexity index is 1030. The van der Waals surface area contributed by atoms with E-state index in [0.29, 0.717) is 30.8 Å². The van der Waals surface area contributed by atoms with E-state index in [-0.39, 0.29) is 11.2 Å². The van der Waals surface area contributed by atoms with E-state index < -0.39 is 0 Å². The van der Waals surface area contributed by atoms with Crippen LogP contribution in [0.4, 0.5) is 0 Å². The third kappa shape index (κ3) is 5.03. The van der Waals surface area contributed by atoms with Gasteiger partial charge in [0.15, 0.2) is 11.2 Å². The molecule has 0 saturated carbocycles. The summed E-state index contributed by atoms with van der Waals surface area (Å²) in [7, 11) is 0. The molecule has 0 aliphatic carbocycles. The van der Waals surface area contributed by atoms with Gasteiger partial charge in [-0.15, -0.1) is 0 Å². The lowest BCUT2D eigenvalue weighted by Crippen LogP contribution is -2.31. The van der Waals surface area contributed by atoms with Crippen molar-refractivity contribution in [1.82, 2.24) is 24.4 Å². The van der Waals surface area contributed by atoms with Gasteiger partial charge >= 0.3 is 5.69 Å². The van der Waals surface area contributed by atoms with Crippen LogP contribution in [0.3, 0.4) is 0 Å². The van der Waals surface area contributed by atoms with Gasteiger partial charge in [-0.3, -0.25) is 14.3 Å². The Labute approximate surface area is 170 Å². The molecule has 156 valence electrons. The lowest BCUT2D eigenvalue weighted by Gasteiger charge is -2.09. The lowest BCUT2D eigenvalue weighted by molar-refractivity contribution is 0.585. The van der Waals surface area contributed by atoms with Crippen LogP contribution in [0.25, 0.3) is 11.2 Å². The molecule has 0 fully saturated rings. The fourth-order valence-corrected chi connectivity index (χ4v) is 3.60. The van der Waals surface area contributed by atoms with Crippen LogP contribution in [0.1, 0.15) is 50.9 Å². The van der Waals surface area contributed by atoms with Crippen LogP contribution < -0.4 is 16.6 Å². The predicted octanol–water partition coefficient (Wildman–Crippen LogP) is 2.82. The van der Waals surface area contributed by atoms with Crippen molar-refractivity contribution in [1.29, 1.82) is 0 Å². The number of unbranched alkanes of at least 4 members (excludes halogenated alkanes) is 1. The fraction of sp³-hybridized carbons (Fsp3) is 0.500. The monoisotopic (exact) mass is 397 g/mol. The number of aryl methyl sites for hydroxylation is 3. The van der Waals surface area contributed by atoms with Gasteiger partial charge in [-0.2, -0.15) is 0 Å². The molecule has 0 atom stereocenters. The van der Waals surface area contributed by atoms with E-state index in [9.17, 15) is 9.59 Å². The van der Waals surface area contributed by atoms with Gasteiger partial charge in [0.25, 0.3) is 5.56 Å². The Morgan fingerprint density at radius 1 is 1.00 bits per heavy atom. The molecule has 29 heavy (non-hydrogen) atoms. The average Bonchev–Trinajstić information content (AvgIpc) is 3.07. The molecule has 7 nitrogen and oxygen atoms in total. The topological polar surface area (TPSA) is 84.7 Å². The molecule has 2 heterocycles. The van der Waals surface area contributed by atoms with Crippen LogP contribution in [0, 0.1) is 0 Å². The van der Waals surface area contributed by atoms with Gasteiger partial charge in [-0.05, 0) is 37.8 Å². The van der Waals surface area contributed by atoms with Crippen molar-refractivity contribution in [2.24, 2.45) is 0 Å². The average molecular weight is 398 g/mol. The van der Waals surface area contributed by atoms with Crippen LogP contribution in [-0.4, -0.2) is 25.6 Å². The molecular weight excluding hydrogens is 366 g/mol. The molecule has 7 heteroatoms. The van der Waals surface area contributed by atoms with E-state index in [1.807, 2.05) is 10.6 Å². The maximum absolute atomic E-state index is 12.5. The van der Waals surface area contributed by atoms with Crippen molar-refractivity contribution in [3.63, 3.8) is 0 Å². The number of hydrogen-bond donors (Lipinski definition) is 2. The van der Waals surface area contributed by atoms with Gasteiger partial charge in [0.1, 0.15) is 5.82 Å². The maximum atomic E-state index is 12.5. The molecule has 0 amide bonds. The molecule has 0 spiro atoms. The summed E-state index contributed by atoms with van der Waals surface area (Å²) in [6.45, 7) is 6.86. The number of nitrogens with zero attached hydrogens (tertiary/aromatic N) is 3. The standard InChI is InChI=1S/C22H31N5O2/c1-3-5-15-27-20-19(21(28)25-22(27)29)26(14-4-2)18(24-20)16-23-13-9-12-17-10-7-6-8-11-17/h6-8,10-11,23H,3-5,9,12-16H2,1-2H3,(H,25,28,29). The first-order valence-electron chi connectivity index (χ1n) is 10.6. The lowest BCUT2D eigenvalue weighted by atomic mass is 10.1. The number of aromatic amines is 1. The normalized spacial score (nSPS) is 11.4. The molecule has 3 aromatic rings. The van der Waals surface area contributed by atoms with Crippen molar-refractivity contribution < 1.29 is 0 Å². The summed E-state index contributed by atoms with van der Waals surface area (Å²) in [5.74, 6) is 0.808. The highest BCUT2D eigenvalue weighted by molar-refractivity contribution is 5.71. The molecule has 0 unspecified atom stereocenters. The third-order valence-electron chi connectivity index (χ3n) is 5.09. The molecule has 0 bridgehead atoms. The quantitative estimate of drug-likeness (QED) is 0.487. The van der Waals surface area contributed by atoms with Gasteiger partial charge in [0, 0.05) is 13.1 Å². The predicted molar refractivity (Wildman–Crippen MR) is 116 cm³/mol. The van der Waals surface area contributed by atoms with Crippen LogP contribution in [0.2, 0.25) is 0 Å². The number of aromatic nitrogens is 4. The maximum Gasteiger partial charge on any atom is 0.330 e. The first kappa shape index (κ1) is 21.0. The molecule has 2 N–H and O–H groups in total. The van der Waals surface area contributed by atoms with E-state index in [2.05, 4.69) is 48.4 Å². The summed E-state index contributed by atoms with van der Waals surface area (Å²) in [6, 6.07) is 10.4. The zero-order chi connectivity index (χ0) is 20.6. The number of imidazole rings is 1. The van der Waals surface area contributed by atoms with Crippen molar-refractivity contribution >= 4 is 11.2 Å². The Morgan fingerprint density at radius 2 is 1.79 bits per heavy atom. The minimum atomic E-state index is -0.375. The Morgan fingerprint density at radius 3 is 2.52 bits per heavy atom. The summed E-state index contributed by atoms with van der Waals surface area (Å²) in [5.41, 5.74) is 1.61. The number of fused-ring (bicyclic) bond motifs is 1. The van der Waals surface area contributed by atoms with E-state index >= 15 is 0 Å². The first-order chi connectivity index (χ1) is 14.2. The molecule has 0 aliphatic rings. The van der Waals surface area contributed by atoms with Crippen molar-refractivity contribution in [3.8, 4) is 0 Å². The Kier molecular flexibility index (Phi) is 7.41. The van der Waals surface area contributed by atoms with Crippen molar-refractivity contribution in [2.75, 3.05) is 6.54 Å². The molecule has 0 saturated heterocycles. The molecular formula is C22H31N5O2. The van der Waals surface area contributed by atoms with Gasteiger partial charge in [0.05, 0.1) is 6.54 Å². The Balaban J connectivity index is 1.77. The largest absolute Gasteiger partial charge is 0.330 e. The highest BCUT2D eigenvalue weighted by Gasteiger charge is 2.17. The molecule has 0 aliphatic heterocycles. The van der Waals surface area contributed by atoms with E-state index in [1.54, 1.807) is 4.57 Å². The smallest absolute Gasteiger partial charge is 0.321 e. The van der Waals surface area contributed by atoms with E-state index in [4.69, 9.17) is 4.98 Å². The number of hydrogen-bond acceptors (Lipinski definition) is 4. The molecule has 0 radical (unpaired) electrons. The number of H-pyrrole nitrogens is 1. The second-order valence-electron chi connectivity index (χ2n) is 7.38. The van der Waals surface area contributed by atoms with Crippen molar-refractivity contribution in [3.05, 3.63) is 62.6 Å². The SMILES string of the molecule is CCCCn1c(=O)[nH]c(=O)c2c1nc(CNCCCc1ccccc1)n2CCC. The van der Waals surface area contributed by atoms with Gasteiger partial charge in [0.2, 0.25) is 0 Å². The third-order valence-corrected chi connectivity index (χ3v) is 5.09. The molecule has 3 rings (SSSR count). The number of rotatable bonds is 11. The van der Waals surface area contributed by atoms with Crippen LogP contribution >= 0.6 is 0 Å². The van der Waals surface area contributed by atoms with Crippen LogP contribution in [-0.2, 0) is 26.1 Å². The highest BCUT2D eigenvalue weighted by atomic mass is 16.2. The summed E-state index contributed by atoms with van der Waals surface area (Å²) in [4.78, 5) is 32.0. The van der Waals surface area contributed by atoms with E-state index in [0.717, 1.165) is 44.5 Å². The fourth-order valence-electron chi connectivity index (χ4n) is 3.60. The van der Waals surface area contributed by atoms with E-state index in [1.165, 1.54) is 5.56 Å². The van der Waals surface area contributed by atoms with Crippen molar-refractivity contribution in [2.45, 2.75) is 65.6 Å². The molecule has 2 aromatic heterocycles. The van der Waals surface area contributed by atoms with Gasteiger partial charge < -0.3 is 9.88 Å². The van der Waals surface area contributed by atoms with Crippen LogP contribution in [0.5, 0.6) is 0 Å². The summed E-state index contributed by atoms with van der Waals surface area (Å²) < 4.78 is 3.56.